The summed E-state index contributed by atoms with van der Waals surface area (Å²) in [4.78, 5) is 21.6. The van der Waals surface area contributed by atoms with Crippen LogP contribution in [0.1, 0.15) is 87.8 Å². The molecule has 0 spiro atoms. The SMILES string of the molecule is CCC=C(Nc1cc(C(C)(C)C)cnc1C)c1ccc(C)c(-n2cnc(C(=O)NCC(C)(C)C)c2)c1. The first kappa shape index (κ1) is 27.2. The van der Waals surface area contributed by atoms with E-state index in [1.807, 2.05) is 17.7 Å². The van der Waals surface area contributed by atoms with E-state index in [2.05, 4.69) is 106 Å². The fourth-order valence-electron chi connectivity index (χ4n) is 3.72. The van der Waals surface area contributed by atoms with E-state index in [-0.39, 0.29) is 16.7 Å². The Morgan fingerprint density at radius 1 is 1.06 bits per heavy atom. The molecule has 0 aliphatic heterocycles. The molecular weight excluding hydrogens is 446 g/mol. The third kappa shape index (κ3) is 6.84. The van der Waals surface area contributed by atoms with Gasteiger partial charge < -0.3 is 15.2 Å². The van der Waals surface area contributed by atoms with Crippen LogP contribution in [0.15, 0.2) is 49.1 Å². The molecule has 36 heavy (non-hydrogen) atoms. The van der Waals surface area contributed by atoms with Crippen LogP contribution in [0, 0.1) is 19.3 Å². The molecule has 0 radical (unpaired) electrons. The summed E-state index contributed by atoms with van der Waals surface area (Å²) in [5.41, 5.74) is 7.75. The van der Waals surface area contributed by atoms with Crippen molar-refractivity contribution in [2.75, 3.05) is 11.9 Å². The highest BCUT2D eigenvalue weighted by molar-refractivity contribution is 5.92. The number of carbonyl (C=O) groups excluding carboxylic acids is 1. The lowest BCUT2D eigenvalue weighted by Gasteiger charge is -2.21. The van der Waals surface area contributed by atoms with Gasteiger partial charge in [0.05, 0.1) is 17.1 Å². The number of nitrogens with zero attached hydrogens (tertiary/aromatic N) is 3. The molecule has 0 saturated heterocycles. The van der Waals surface area contributed by atoms with E-state index in [0.29, 0.717) is 12.2 Å². The number of aryl methyl sites for hydroxylation is 2. The molecule has 0 unspecified atom stereocenters. The fraction of sp³-hybridized carbons (Fsp3) is 0.433. The van der Waals surface area contributed by atoms with Gasteiger partial charge in [-0.3, -0.25) is 9.78 Å². The van der Waals surface area contributed by atoms with Crippen molar-refractivity contribution in [1.29, 1.82) is 0 Å². The molecule has 2 N–H and O–H groups in total. The van der Waals surface area contributed by atoms with Crippen LogP contribution >= 0.6 is 0 Å². The lowest BCUT2D eigenvalue weighted by Crippen LogP contribution is -2.32. The number of benzene rings is 1. The first-order valence-corrected chi connectivity index (χ1v) is 12.7. The molecule has 0 fully saturated rings. The first-order valence-electron chi connectivity index (χ1n) is 12.7. The smallest absolute Gasteiger partial charge is 0.271 e. The molecule has 1 aromatic carbocycles. The van der Waals surface area contributed by atoms with E-state index < -0.39 is 0 Å². The van der Waals surface area contributed by atoms with E-state index in [9.17, 15) is 4.79 Å². The maximum Gasteiger partial charge on any atom is 0.271 e. The predicted octanol–water partition coefficient (Wildman–Crippen LogP) is 6.82. The van der Waals surface area contributed by atoms with Gasteiger partial charge in [-0.2, -0.15) is 0 Å². The molecule has 0 bridgehead atoms. The highest BCUT2D eigenvalue weighted by Crippen LogP contribution is 2.29. The normalized spacial score (nSPS) is 12.5. The standard InChI is InChI=1S/C30H41N5O/c1-10-11-24(34-25-15-23(30(7,8)9)16-31-21(25)3)22-13-12-20(2)27(14-22)35-17-26(33-19-35)28(36)32-18-29(4,5)6/h11-17,19,34H,10,18H2,1-9H3,(H,32,36). The largest absolute Gasteiger partial charge is 0.354 e. The van der Waals surface area contributed by atoms with Crippen molar-refractivity contribution in [1.82, 2.24) is 19.9 Å². The summed E-state index contributed by atoms with van der Waals surface area (Å²) in [6, 6.07) is 8.56. The molecule has 0 aliphatic carbocycles. The van der Waals surface area contributed by atoms with Gasteiger partial charge in [-0.05, 0) is 59.9 Å². The average Bonchev–Trinajstić information content (AvgIpc) is 3.28. The lowest BCUT2D eigenvalue weighted by atomic mass is 9.88. The Labute approximate surface area is 216 Å². The van der Waals surface area contributed by atoms with E-state index in [1.165, 1.54) is 5.56 Å². The Balaban J connectivity index is 1.92. The van der Waals surface area contributed by atoms with Crippen LogP contribution in [0.2, 0.25) is 0 Å². The Morgan fingerprint density at radius 3 is 2.42 bits per heavy atom. The number of rotatable bonds is 7. The Kier molecular flexibility index (Phi) is 8.07. The maximum absolute atomic E-state index is 12.6. The highest BCUT2D eigenvalue weighted by atomic mass is 16.1. The number of amides is 1. The van der Waals surface area contributed by atoms with E-state index >= 15 is 0 Å². The van der Waals surface area contributed by atoms with Gasteiger partial charge in [-0.25, -0.2) is 4.98 Å². The van der Waals surface area contributed by atoms with Crippen LogP contribution in [0.5, 0.6) is 0 Å². The summed E-state index contributed by atoms with van der Waals surface area (Å²) in [6.45, 7) is 19.7. The summed E-state index contributed by atoms with van der Waals surface area (Å²) in [5.74, 6) is -0.160. The summed E-state index contributed by atoms with van der Waals surface area (Å²) in [7, 11) is 0. The molecule has 2 heterocycles. The fourth-order valence-corrected chi connectivity index (χ4v) is 3.72. The summed E-state index contributed by atoms with van der Waals surface area (Å²) < 4.78 is 1.92. The zero-order valence-corrected chi connectivity index (χ0v) is 23.3. The molecule has 0 atom stereocenters. The number of aromatic nitrogens is 3. The number of hydrogen-bond donors (Lipinski definition) is 2. The molecule has 6 nitrogen and oxygen atoms in total. The number of imidazole rings is 1. The third-order valence-corrected chi connectivity index (χ3v) is 6.02. The van der Waals surface area contributed by atoms with Gasteiger partial charge in [0.2, 0.25) is 0 Å². The molecule has 192 valence electrons. The zero-order chi connectivity index (χ0) is 26.7. The number of anilines is 1. The Bertz CT molecular complexity index is 1260. The van der Waals surface area contributed by atoms with Crippen molar-refractivity contribution in [3.63, 3.8) is 0 Å². The van der Waals surface area contributed by atoms with Crippen LogP contribution in [-0.4, -0.2) is 27.0 Å². The quantitative estimate of drug-likeness (QED) is 0.383. The van der Waals surface area contributed by atoms with Crippen LogP contribution in [0.25, 0.3) is 11.4 Å². The third-order valence-electron chi connectivity index (χ3n) is 6.02. The van der Waals surface area contributed by atoms with Crippen molar-refractivity contribution in [2.24, 2.45) is 5.41 Å². The molecule has 1 amide bonds. The minimum absolute atomic E-state index is 0.0123. The number of nitrogens with one attached hydrogen (secondary N) is 2. The maximum atomic E-state index is 12.6. The second-order valence-electron chi connectivity index (χ2n) is 11.7. The van der Waals surface area contributed by atoms with Gasteiger partial charge in [0, 0.05) is 24.6 Å². The topological polar surface area (TPSA) is 71.8 Å². The average molecular weight is 488 g/mol. The number of hydrogen-bond acceptors (Lipinski definition) is 4. The summed E-state index contributed by atoms with van der Waals surface area (Å²) in [6.07, 6.45) is 8.54. The van der Waals surface area contributed by atoms with Crippen molar-refractivity contribution in [2.45, 2.75) is 74.1 Å². The number of pyridine rings is 1. The van der Waals surface area contributed by atoms with Crippen LogP contribution < -0.4 is 10.6 Å². The van der Waals surface area contributed by atoms with Gasteiger partial charge in [0.15, 0.2) is 0 Å². The Hall–Kier alpha value is -3.41. The van der Waals surface area contributed by atoms with E-state index in [0.717, 1.165) is 40.3 Å². The monoisotopic (exact) mass is 487 g/mol. The number of carbonyl (C=O) groups is 1. The second-order valence-corrected chi connectivity index (χ2v) is 11.7. The van der Waals surface area contributed by atoms with Gasteiger partial charge >= 0.3 is 0 Å². The van der Waals surface area contributed by atoms with E-state index in [1.54, 1.807) is 12.5 Å². The van der Waals surface area contributed by atoms with Crippen molar-refractivity contribution in [3.8, 4) is 5.69 Å². The van der Waals surface area contributed by atoms with Gasteiger partial charge in [-0.1, -0.05) is 66.7 Å². The molecule has 3 rings (SSSR count). The van der Waals surface area contributed by atoms with Crippen molar-refractivity contribution >= 4 is 17.3 Å². The second kappa shape index (κ2) is 10.7. The van der Waals surface area contributed by atoms with Gasteiger partial charge in [0.25, 0.3) is 5.91 Å². The summed E-state index contributed by atoms with van der Waals surface area (Å²) in [5, 5.41) is 6.61. The molecule has 6 heteroatoms. The number of allylic oxidation sites excluding steroid dienone is 1. The van der Waals surface area contributed by atoms with Crippen molar-refractivity contribution in [3.05, 3.63) is 77.1 Å². The molecule has 2 aromatic heterocycles. The molecule has 3 aromatic rings. The van der Waals surface area contributed by atoms with Gasteiger partial charge in [0.1, 0.15) is 12.0 Å². The highest BCUT2D eigenvalue weighted by Gasteiger charge is 2.18. The first-order chi connectivity index (χ1) is 16.8. The predicted molar refractivity (Wildman–Crippen MR) is 150 cm³/mol. The molecule has 0 aliphatic rings. The van der Waals surface area contributed by atoms with Crippen LogP contribution in [0.4, 0.5) is 5.69 Å². The van der Waals surface area contributed by atoms with E-state index in [4.69, 9.17) is 0 Å². The minimum Gasteiger partial charge on any atom is -0.354 e. The molecule has 0 saturated carbocycles. The molecular formula is C30H41N5O. The van der Waals surface area contributed by atoms with Crippen LogP contribution in [0.3, 0.4) is 0 Å². The van der Waals surface area contributed by atoms with Crippen LogP contribution in [-0.2, 0) is 5.41 Å². The Morgan fingerprint density at radius 2 is 1.78 bits per heavy atom. The van der Waals surface area contributed by atoms with Gasteiger partial charge in [-0.15, -0.1) is 0 Å². The minimum atomic E-state index is -0.160. The lowest BCUT2D eigenvalue weighted by molar-refractivity contribution is 0.0934. The zero-order valence-electron chi connectivity index (χ0n) is 23.3. The van der Waals surface area contributed by atoms with Crippen molar-refractivity contribution < 1.29 is 4.79 Å². The summed E-state index contributed by atoms with van der Waals surface area (Å²) >= 11 is 0.